The topological polar surface area (TPSA) is 237 Å². The molecule has 0 aliphatic carbocycles. The fourth-order valence-corrected chi connectivity index (χ4v) is 12.2. The lowest BCUT2D eigenvalue weighted by molar-refractivity contribution is -0.161. The standard InChI is InChI=1S/C87H146O17P2/c1-5-9-13-17-21-25-29-32-35-38-40-43-45-48-52-55-59-63-67-71-84(89)97-77-82(103-86(91)73-69-65-61-57-51-28-24-20-16-12-8-4)79-101-105(93,94)99-75-81(88)76-100-106(95,96)102-80-83(104-87(92)74-70-66-62-58-54-50-47-42-37-34-31-27-23-19-15-11-7-3)78-98-85(90)72-68-64-60-56-53-49-46-44-41-39-36-33-30-26-22-18-14-10-6-2/h9,11,13,15,21-23,25-27,32-37,40-41,43-44,47-48,50,52,81-83,88H,5-8,10,12,14,16-20,24,28-31,38-39,42,45-46,49,51,53-80H2,1-4H3,(H,93,94)(H,95,96)/b13-9-,15-11-,25-21-,26-22-,27-23-,35-32-,36-33-,37-34-,43-40-,44-41-,50-47-,52-48-. The van der Waals surface area contributed by atoms with Crippen molar-refractivity contribution in [2.24, 2.45) is 0 Å². The molecule has 106 heavy (non-hydrogen) atoms. The number of hydrogen-bond donors (Lipinski definition) is 3. The molecule has 0 aromatic heterocycles. The zero-order chi connectivity index (χ0) is 77.4. The lowest BCUT2D eigenvalue weighted by atomic mass is 10.1. The largest absolute Gasteiger partial charge is 0.472 e. The molecule has 0 amide bonds. The molecule has 0 aliphatic heterocycles. The number of ether oxygens (including phenoxy) is 4. The molecule has 19 heteroatoms. The number of rotatable bonds is 76. The molecule has 0 aromatic rings. The molecule has 0 rings (SSSR count). The number of phosphoric ester groups is 2. The van der Waals surface area contributed by atoms with Crippen LogP contribution in [0.3, 0.4) is 0 Å². The van der Waals surface area contributed by atoms with Gasteiger partial charge in [-0.15, -0.1) is 0 Å². The van der Waals surface area contributed by atoms with E-state index < -0.39 is 97.5 Å². The average molecular weight is 1530 g/mol. The van der Waals surface area contributed by atoms with E-state index in [-0.39, 0.29) is 25.7 Å². The first-order chi connectivity index (χ1) is 51.7. The minimum Gasteiger partial charge on any atom is -0.462 e. The first-order valence-electron chi connectivity index (χ1n) is 41.1. The van der Waals surface area contributed by atoms with E-state index in [1.807, 2.05) is 0 Å². The molecule has 0 fully saturated rings. The van der Waals surface area contributed by atoms with E-state index in [1.54, 1.807) is 0 Å². The van der Waals surface area contributed by atoms with Crippen LogP contribution in [-0.2, 0) is 65.4 Å². The van der Waals surface area contributed by atoms with Gasteiger partial charge >= 0.3 is 39.5 Å². The minimum atomic E-state index is -4.99. The maximum atomic E-state index is 13.1. The van der Waals surface area contributed by atoms with Crippen LogP contribution >= 0.6 is 15.6 Å². The van der Waals surface area contributed by atoms with E-state index in [0.717, 1.165) is 186 Å². The summed E-state index contributed by atoms with van der Waals surface area (Å²) in [7, 11) is -9.98. The van der Waals surface area contributed by atoms with E-state index in [0.29, 0.717) is 25.7 Å². The van der Waals surface area contributed by atoms with Gasteiger partial charge in [0, 0.05) is 25.7 Å². The summed E-state index contributed by atoms with van der Waals surface area (Å²) in [6.45, 7) is 4.55. The number of esters is 4. The van der Waals surface area contributed by atoms with Crippen molar-refractivity contribution in [2.75, 3.05) is 39.6 Å². The SMILES string of the molecule is CC/C=C\C/C=C\C/C=C\C/C=C\C/C=C\CCCCCC(=O)OCC(COP(=O)(O)OCC(O)COP(=O)(O)OCC(COC(=O)CCCCCCCC/C=C\C/C=C\C/C=C\CCCCC)OC(=O)CCCCCC/C=C\C/C=C\C/C=C\C/C=C\CC)OC(=O)CCCCCCCCCCCCC. The molecule has 0 spiro atoms. The fraction of sp³-hybridized carbons (Fsp3) is 0.678. The summed E-state index contributed by atoms with van der Waals surface area (Å²) in [4.78, 5) is 73.1. The van der Waals surface area contributed by atoms with Crippen molar-refractivity contribution >= 4 is 39.5 Å². The van der Waals surface area contributed by atoms with Gasteiger partial charge in [-0.2, -0.15) is 0 Å². The predicted molar refractivity (Wildman–Crippen MR) is 436 cm³/mol. The van der Waals surface area contributed by atoms with Gasteiger partial charge in [-0.1, -0.05) is 296 Å². The molecular weight excluding hydrogens is 1380 g/mol. The second kappa shape index (κ2) is 78.1. The summed E-state index contributed by atoms with van der Waals surface area (Å²) in [5.74, 6) is -2.25. The summed E-state index contributed by atoms with van der Waals surface area (Å²) in [6, 6.07) is 0. The highest BCUT2D eigenvalue weighted by atomic mass is 31.2. The maximum Gasteiger partial charge on any atom is 0.472 e. The number of hydrogen-bond acceptors (Lipinski definition) is 15. The van der Waals surface area contributed by atoms with Crippen LogP contribution in [0.2, 0.25) is 0 Å². The van der Waals surface area contributed by atoms with Crippen molar-refractivity contribution in [3.63, 3.8) is 0 Å². The normalized spacial score (nSPS) is 14.6. The van der Waals surface area contributed by atoms with Gasteiger partial charge in [0.05, 0.1) is 26.4 Å². The van der Waals surface area contributed by atoms with Crippen molar-refractivity contribution in [1.29, 1.82) is 0 Å². The molecule has 0 aliphatic rings. The van der Waals surface area contributed by atoms with Crippen LogP contribution in [0.1, 0.15) is 323 Å². The van der Waals surface area contributed by atoms with Crippen LogP contribution in [0.4, 0.5) is 0 Å². The van der Waals surface area contributed by atoms with Crippen LogP contribution in [0.5, 0.6) is 0 Å². The Kier molecular flexibility index (Phi) is 74.3. The Labute approximate surface area is 643 Å². The van der Waals surface area contributed by atoms with E-state index >= 15 is 0 Å². The first kappa shape index (κ1) is 101. The Morgan fingerprint density at radius 2 is 0.491 bits per heavy atom. The molecule has 0 bridgehead atoms. The summed E-state index contributed by atoms with van der Waals surface area (Å²) < 4.78 is 68.6. The van der Waals surface area contributed by atoms with E-state index in [2.05, 4.69) is 174 Å². The van der Waals surface area contributed by atoms with Crippen molar-refractivity contribution in [3.8, 4) is 0 Å². The van der Waals surface area contributed by atoms with Crippen molar-refractivity contribution in [1.82, 2.24) is 0 Å². The highest BCUT2D eigenvalue weighted by Crippen LogP contribution is 2.45. The number of allylic oxidation sites excluding steroid dienone is 24. The Bertz CT molecular complexity index is 2580. The summed E-state index contributed by atoms with van der Waals surface area (Å²) in [6.07, 6.45) is 89.6. The Morgan fingerprint density at radius 3 is 0.783 bits per heavy atom. The molecular formula is C87H146O17P2. The van der Waals surface area contributed by atoms with Gasteiger partial charge in [0.15, 0.2) is 12.2 Å². The minimum absolute atomic E-state index is 0.0599. The number of phosphoric acid groups is 2. The van der Waals surface area contributed by atoms with E-state index in [4.69, 9.17) is 37.0 Å². The third kappa shape index (κ3) is 77.1. The monoisotopic (exact) mass is 1530 g/mol. The second-order valence-corrected chi connectivity index (χ2v) is 29.9. The first-order valence-corrected chi connectivity index (χ1v) is 44.1. The molecule has 0 aromatic carbocycles. The van der Waals surface area contributed by atoms with E-state index in [9.17, 15) is 43.2 Å². The third-order valence-corrected chi connectivity index (χ3v) is 18.7. The number of carbonyl (C=O) groups excluding carboxylic acids is 4. The zero-order valence-corrected chi connectivity index (χ0v) is 68.1. The Morgan fingerprint density at radius 1 is 0.274 bits per heavy atom. The highest BCUT2D eigenvalue weighted by molar-refractivity contribution is 7.47. The lowest BCUT2D eigenvalue weighted by Crippen LogP contribution is -2.30. The van der Waals surface area contributed by atoms with Gasteiger partial charge in [-0.3, -0.25) is 37.3 Å². The third-order valence-electron chi connectivity index (χ3n) is 16.8. The molecule has 5 atom stereocenters. The van der Waals surface area contributed by atoms with Crippen molar-refractivity contribution < 1.29 is 80.2 Å². The smallest absolute Gasteiger partial charge is 0.462 e. The summed E-state index contributed by atoms with van der Waals surface area (Å²) in [5, 5.41) is 10.6. The van der Waals surface area contributed by atoms with Crippen LogP contribution in [-0.4, -0.2) is 96.7 Å². The van der Waals surface area contributed by atoms with Crippen LogP contribution in [0.15, 0.2) is 146 Å². The molecule has 17 nitrogen and oxygen atoms in total. The van der Waals surface area contributed by atoms with Crippen LogP contribution in [0.25, 0.3) is 0 Å². The van der Waals surface area contributed by atoms with Gasteiger partial charge in [-0.05, 0) is 148 Å². The average Bonchev–Trinajstić information content (AvgIpc) is 0.901. The predicted octanol–water partition coefficient (Wildman–Crippen LogP) is 24.2. The Hall–Kier alpha value is -5.06. The zero-order valence-electron chi connectivity index (χ0n) is 66.3. The quantitative estimate of drug-likeness (QED) is 0.0169. The van der Waals surface area contributed by atoms with Gasteiger partial charge < -0.3 is 33.8 Å². The van der Waals surface area contributed by atoms with Gasteiger partial charge in [0.2, 0.25) is 0 Å². The fourth-order valence-electron chi connectivity index (χ4n) is 10.6. The molecule has 5 unspecified atom stereocenters. The molecule has 0 saturated carbocycles. The van der Waals surface area contributed by atoms with Crippen LogP contribution in [0, 0.1) is 0 Å². The van der Waals surface area contributed by atoms with E-state index in [1.165, 1.54) is 57.8 Å². The number of aliphatic hydroxyl groups excluding tert-OH is 1. The second-order valence-electron chi connectivity index (χ2n) is 27.0. The summed E-state index contributed by atoms with van der Waals surface area (Å²) >= 11 is 0. The molecule has 606 valence electrons. The van der Waals surface area contributed by atoms with Gasteiger partial charge in [-0.25, -0.2) is 9.13 Å². The lowest BCUT2D eigenvalue weighted by Gasteiger charge is -2.21. The van der Waals surface area contributed by atoms with Crippen LogP contribution < -0.4 is 0 Å². The molecule has 0 radical (unpaired) electrons. The van der Waals surface area contributed by atoms with Crippen molar-refractivity contribution in [2.45, 2.75) is 341 Å². The Balaban J connectivity index is 5.39. The number of unbranched alkanes of at least 4 members (excludes halogenated alkanes) is 26. The number of carbonyl (C=O) groups is 4. The maximum absolute atomic E-state index is 13.1. The van der Waals surface area contributed by atoms with Gasteiger partial charge in [0.25, 0.3) is 0 Å². The highest BCUT2D eigenvalue weighted by Gasteiger charge is 2.30. The summed E-state index contributed by atoms with van der Waals surface area (Å²) in [5.41, 5.74) is 0. The molecule has 0 saturated heterocycles. The van der Waals surface area contributed by atoms with Gasteiger partial charge in [0.1, 0.15) is 19.3 Å². The molecule has 3 N–H and O–H groups in total. The number of aliphatic hydroxyl groups is 1. The molecule has 0 heterocycles. The van der Waals surface area contributed by atoms with Crippen molar-refractivity contribution in [3.05, 3.63) is 146 Å².